The van der Waals surface area contributed by atoms with Crippen molar-refractivity contribution in [1.29, 1.82) is 0 Å². The number of anilines is 3. The predicted molar refractivity (Wildman–Crippen MR) is 225 cm³/mol. The lowest BCUT2D eigenvalue weighted by Gasteiger charge is -2.26. The van der Waals surface area contributed by atoms with E-state index >= 15 is 0 Å². The highest BCUT2D eigenvalue weighted by molar-refractivity contribution is 7.26. The van der Waals surface area contributed by atoms with E-state index in [0.717, 1.165) is 39.0 Å². The van der Waals surface area contributed by atoms with E-state index in [0.29, 0.717) is 0 Å². The average Bonchev–Trinajstić information content (AvgIpc) is 3.90. The maximum absolute atomic E-state index is 6.65. The summed E-state index contributed by atoms with van der Waals surface area (Å²) in [7, 11) is 0. The first-order valence-electron chi connectivity index (χ1n) is 17.5. The first-order chi connectivity index (χ1) is 25.8. The number of hydrogen-bond donors (Lipinski definition) is 0. The Labute approximate surface area is 308 Å². The van der Waals surface area contributed by atoms with Gasteiger partial charge >= 0.3 is 0 Å². The van der Waals surface area contributed by atoms with Crippen LogP contribution in [0.1, 0.15) is 0 Å². The molecule has 11 rings (SSSR count). The van der Waals surface area contributed by atoms with Crippen LogP contribution in [0.3, 0.4) is 0 Å². The maximum atomic E-state index is 6.65. The van der Waals surface area contributed by atoms with Crippen LogP contribution in [0.4, 0.5) is 17.1 Å². The molecule has 8 aromatic carbocycles. The molecule has 52 heavy (non-hydrogen) atoms. The van der Waals surface area contributed by atoms with Gasteiger partial charge in [0.15, 0.2) is 5.58 Å². The van der Waals surface area contributed by atoms with Gasteiger partial charge in [0.25, 0.3) is 0 Å². The Morgan fingerprint density at radius 2 is 0.942 bits per heavy atom. The van der Waals surface area contributed by atoms with Gasteiger partial charge in [0.1, 0.15) is 5.58 Å². The van der Waals surface area contributed by atoms with Crippen molar-refractivity contribution in [2.24, 2.45) is 0 Å². The Balaban J connectivity index is 1.11. The zero-order chi connectivity index (χ0) is 34.2. The third-order valence-electron chi connectivity index (χ3n) is 10.3. The monoisotopic (exact) mass is 699 g/mol. The largest absolute Gasteiger partial charge is 0.454 e. The summed E-state index contributed by atoms with van der Waals surface area (Å²) in [6.45, 7) is 0. The Kier molecular flexibility index (Phi) is 6.63. The Morgan fingerprint density at radius 3 is 1.65 bits per heavy atom. The molecule has 244 valence electrons. The smallest absolute Gasteiger partial charge is 0.159 e. The number of furan rings is 1. The van der Waals surface area contributed by atoms with Gasteiger partial charge in [-0.05, 0) is 82.9 Å². The third-order valence-corrected chi connectivity index (χ3v) is 12.6. The summed E-state index contributed by atoms with van der Waals surface area (Å²) in [6.07, 6.45) is 0. The minimum absolute atomic E-state index is 0.874. The van der Waals surface area contributed by atoms with Gasteiger partial charge in [0.05, 0.1) is 5.69 Å². The van der Waals surface area contributed by atoms with Crippen molar-refractivity contribution in [3.05, 3.63) is 176 Å². The molecule has 3 aromatic heterocycles. The molecule has 3 heterocycles. The van der Waals surface area contributed by atoms with Crippen LogP contribution >= 0.6 is 22.7 Å². The first-order valence-corrected chi connectivity index (χ1v) is 19.1. The van der Waals surface area contributed by atoms with Crippen molar-refractivity contribution in [3.63, 3.8) is 0 Å². The van der Waals surface area contributed by atoms with E-state index in [-0.39, 0.29) is 0 Å². The SMILES string of the molecule is c1cc(-c2cccc3sc4ccccc4c23)cc(N(c2ccc(-c3cccc4sc5ccccc5c34)cc2)c2cccc3c2oc2ccccc23)c1. The first kappa shape index (κ1) is 29.5. The summed E-state index contributed by atoms with van der Waals surface area (Å²) in [5.74, 6) is 0. The van der Waals surface area contributed by atoms with Crippen LogP contribution in [0.25, 0.3) is 84.5 Å². The molecule has 0 fully saturated rings. The highest BCUT2D eigenvalue weighted by Crippen LogP contribution is 2.46. The number of benzene rings is 8. The highest BCUT2D eigenvalue weighted by atomic mass is 32.1. The average molecular weight is 700 g/mol. The lowest BCUT2D eigenvalue weighted by Crippen LogP contribution is -2.10. The molecule has 0 amide bonds. The van der Waals surface area contributed by atoms with Crippen molar-refractivity contribution in [2.75, 3.05) is 4.90 Å². The van der Waals surface area contributed by atoms with Gasteiger partial charge in [-0.3, -0.25) is 0 Å². The van der Waals surface area contributed by atoms with E-state index < -0.39 is 0 Å². The molecule has 0 N–H and O–H groups in total. The molecule has 0 saturated carbocycles. The fourth-order valence-corrected chi connectivity index (χ4v) is 10.2. The quantitative estimate of drug-likeness (QED) is 0.178. The number of hydrogen-bond acceptors (Lipinski definition) is 4. The molecule has 0 saturated heterocycles. The molecule has 0 unspecified atom stereocenters. The van der Waals surface area contributed by atoms with Crippen LogP contribution in [0.5, 0.6) is 0 Å². The number of nitrogens with zero attached hydrogens (tertiary/aromatic N) is 1. The molecule has 2 nitrogen and oxygen atoms in total. The van der Waals surface area contributed by atoms with Crippen LogP contribution in [0.2, 0.25) is 0 Å². The van der Waals surface area contributed by atoms with Crippen molar-refractivity contribution < 1.29 is 4.42 Å². The standard InChI is InChI=1S/C48H29NOS2/c1-4-20-41-36(13-1)37-18-8-19-40(48(37)50-41)49(32-27-25-30(26-28-32)34-16-9-23-44-46(34)38-14-2-5-21-42(38)51-44)33-12-7-11-31(29-33)35-17-10-24-45-47(35)39-15-3-6-22-43(39)52-45/h1-29H. The normalized spacial score (nSPS) is 11.8. The second kappa shape index (κ2) is 11.7. The number of fused-ring (bicyclic) bond motifs is 9. The fourth-order valence-electron chi connectivity index (χ4n) is 7.97. The fraction of sp³-hybridized carbons (Fsp3) is 0. The Hall–Kier alpha value is -6.20. The second-order valence-corrected chi connectivity index (χ2v) is 15.4. The lowest BCUT2D eigenvalue weighted by molar-refractivity contribution is 0.669. The molecule has 0 radical (unpaired) electrons. The summed E-state index contributed by atoms with van der Waals surface area (Å²) >= 11 is 3.72. The van der Waals surface area contributed by atoms with Crippen LogP contribution in [-0.4, -0.2) is 0 Å². The lowest BCUT2D eigenvalue weighted by atomic mass is 9.98. The summed E-state index contributed by atoms with van der Waals surface area (Å²) in [4.78, 5) is 2.35. The van der Waals surface area contributed by atoms with Gasteiger partial charge in [-0.15, -0.1) is 22.7 Å². The minimum Gasteiger partial charge on any atom is -0.454 e. The Morgan fingerprint density at radius 1 is 0.385 bits per heavy atom. The maximum Gasteiger partial charge on any atom is 0.159 e. The van der Waals surface area contributed by atoms with E-state index in [9.17, 15) is 0 Å². The van der Waals surface area contributed by atoms with Crippen molar-refractivity contribution in [2.45, 2.75) is 0 Å². The van der Waals surface area contributed by atoms with Crippen molar-refractivity contribution >= 4 is 102 Å². The molecule has 11 aromatic rings. The second-order valence-electron chi connectivity index (χ2n) is 13.2. The molecule has 4 heteroatoms. The van der Waals surface area contributed by atoms with Crippen LogP contribution in [-0.2, 0) is 0 Å². The molecular formula is C48H29NOS2. The molecule has 0 aliphatic carbocycles. The zero-order valence-electron chi connectivity index (χ0n) is 27.9. The van der Waals surface area contributed by atoms with Gasteiger partial charge < -0.3 is 9.32 Å². The highest BCUT2D eigenvalue weighted by Gasteiger charge is 2.21. The van der Waals surface area contributed by atoms with Crippen LogP contribution in [0, 0.1) is 0 Å². The predicted octanol–water partition coefficient (Wildman–Crippen LogP) is 15.1. The number of thiophene rings is 2. The van der Waals surface area contributed by atoms with Gasteiger partial charge in [0.2, 0.25) is 0 Å². The Bertz CT molecular complexity index is 3150. The number of rotatable bonds is 5. The summed E-state index contributed by atoms with van der Waals surface area (Å²) in [5.41, 5.74) is 9.78. The zero-order valence-corrected chi connectivity index (χ0v) is 29.5. The number of para-hydroxylation sites is 2. The minimum atomic E-state index is 0.874. The van der Waals surface area contributed by atoms with E-state index in [1.165, 1.54) is 62.6 Å². The summed E-state index contributed by atoms with van der Waals surface area (Å²) in [6, 6.07) is 63.6. The third kappa shape index (κ3) is 4.55. The van der Waals surface area contributed by atoms with E-state index in [2.05, 4.69) is 175 Å². The summed E-state index contributed by atoms with van der Waals surface area (Å²) in [5, 5.41) is 7.47. The molecule has 0 spiro atoms. The van der Waals surface area contributed by atoms with Gasteiger partial charge in [-0.25, -0.2) is 0 Å². The molecular weight excluding hydrogens is 671 g/mol. The van der Waals surface area contributed by atoms with Gasteiger partial charge in [-0.1, -0.05) is 115 Å². The molecule has 0 aliphatic heterocycles. The topological polar surface area (TPSA) is 16.4 Å². The van der Waals surface area contributed by atoms with Gasteiger partial charge in [-0.2, -0.15) is 0 Å². The van der Waals surface area contributed by atoms with Crippen molar-refractivity contribution in [1.82, 2.24) is 0 Å². The molecule has 0 bridgehead atoms. The van der Waals surface area contributed by atoms with Crippen LogP contribution < -0.4 is 4.90 Å². The van der Waals surface area contributed by atoms with E-state index in [4.69, 9.17) is 4.42 Å². The molecule has 0 aliphatic rings. The van der Waals surface area contributed by atoms with Crippen molar-refractivity contribution in [3.8, 4) is 22.3 Å². The van der Waals surface area contributed by atoms with E-state index in [1.807, 2.05) is 28.7 Å². The van der Waals surface area contributed by atoms with Gasteiger partial charge in [0, 0.05) is 62.5 Å². The van der Waals surface area contributed by atoms with E-state index in [1.54, 1.807) is 0 Å². The molecule has 0 atom stereocenters. The summed E-state index contributed by atoms with van der Waals surface area (Å²) < 4.78 is 11.9. The van der Waals surface area contributed by atoms with Crippen LogP contribution in [0.15, 0.2) is 180 Å².